The van der Waals surface area contributed by atoms with Crippen molar-refractivity contribution in [3.05, 3.63) is 12.4 Å². The van der Waals surface area contributed by atoms with Gasteiger partial charge in [0, 0.05) is 6.20 Å². The van der Waals surface area contributed by atoms with E-state index in [1.807, 2.05) is 0 Å². The molecule has 1 rings (SSSR count). The number of nitrogen functional groups attached to an aromatic ring is 1. The molecule has 1 heterocycles. The van der Waals surface area contributed by atoms with Gasteiger partial charge in [-0.2, -0.15) is 5.10 Å². The predicted octanol–water partition coefficient (Wildman–Crippen LogP) is -0.428. The standard InChI is InChI=1S/C9H13N3O4/c1-2-15-9(14)6-16-8(13)5-12-4-7(10)3-11-12/h3-4H,2,5-6,10H2,1H3. The second-order valence-corrected chi connectivity index (χ2v) is 2.94. The first kappa shape index (κ1) is 12.0. The molecule has 7 heteroatoms. The van der Waals surface area contributed by atoms with Crippen molar-refractivity contribution >= 4 is 17.6 Å². The number of carbonyl (C=O) groups excluding carboxylic acids is 2. The molecular weight excluding hydrogens is 214 g/mol. The second kappa shape index (κ2) is 5.74. The van der Waals surface area contributed by atoms with Crippen molar-refractivity contribution in [2.75, 3.05) is 18.9 Å². The van der Waals surface area contributed by atoms with Crippen molar-refractivity contribution in [2.45, 2.75) is 13.5 Å². The van der Waals surface area contributed by atoms with Gasteiger partial charge in [-0.25, -0.2) is 4.79 Å². The molecule has 0 spiro atoms. The van der Waals surface area contributed by atoms with Gasteiger partial charge in [0.05, 0.1) is 18.5 Å². The summed E-state index contributed by atoms with van der Waals surface area (Å²) in [7, 11) is 0. The zero-order valence-electron chi connectivity index (χ0n) is 8.88. The lowest BCUT2D eigenvalue weighted by molar-refractivity contribution is -0.158. The van der Waals surface area contributed by atoms with Crippen LogP contribution in [0.5, 0.6) is 0 Å². The summed E-state index contributed by atoms with van der Waals surface area (Å²) < 4.78 is 10.6. The summed E-state index contributed by atoms with van der Waals surface area (Å²) in [6, 6.07) is 0. The molecule has 0 saturated heterocycles. The average Bonchev–Trinajstić information content (AvgIpc) is 2.61. The molecule has 0 aliphatic rings. The molecule has 0 radical (unpaired) electrons. The lowest BCUT2D eigenvalue weighted by Gasteiger charge is -2.04. The molecule has 7 nitrogen and oxygen atoms in total. The van der Waals surface area contributed by atoms with Gasteiger partial charge in [0.1, 0.15) is 6.54 Å². The van der Waals surface area contributed by atoms with Crippen molar-refractivity contribution in [3.63, 3.8) is 0 Å². The molecule has 0 aromatic carbocycles. The van der Waals surface area contributed by atoms with E-state index < -0.39 is 11.9 Å². The highest BCUT2D eigenvalue weighted by molar-refractivity contribution is 5.76. The lowest BCUT2D eigenvalue weighted by atomic mass is 10.6. The Hall–Kier alpha value is -2.05. The Morgan fingerprint density at radius 3 is 2.75 bits per heavy atom. The number of nitrogens with two attached hydrogens (primary N) is 1. The number of nitrogens with zero attached hydrogens (tertiary/aromatic N) is 2. The number of anilines is 1. The van der Waals surface area contributed by atoms with E-state index in [4.69, 9.17) is 5.73 Å². The summed E-state index contributed by atoms with van der Waals surface area (Å²) in [5, 5.41) is 3.79. The van der Waals surface area contributed by atoms with E-state index >= 15 is 0 Å². The molecule has 0 amide bonds. The highest BCUT2D eigenvalue weighted by Gasteiger charge is 2.09. The number of carbonyl (C=O) groups is 2. The van der Waals surface area contributed by atoms with Crippen LogP contribution in [0.3, 0.4) is 0 Å². The average molecular weight is 227 g/mol. The summed E-state index contributed by atoms with van der Waals surface area (Å²) in [4.78, 5) is 22.1. The Morgan fingerprint density at radius 2 is 2.19 bits per heavy atom. The number of rotatable bonds is 5. The molecule has 16 heavy (non-hydrogen) atoms. The van der Waals surface area contributed by atoms with E-state index in [1.54, 1.807) is 6.92 Å². The van der Waals surface area contributed by atoms with Gasteiger partial charge in [-0.3, -0.25) is 9.48 Å². The number of esters is 2. The van der Waals surface area contributed by atoms with Crippen LogP contribution in [0.2, 0.25) is 0 Å². The molecule has 0 atom stereocenters. The maximum atomic E-state index is 11.2. The van der Waals surface area contributed by atoms with Gasteiger partial charge < -0.3 is 15.2 Å². The Labute approximate surface area is 92.1 Å². The summed E-state index contributed by atoms with van der Waals surface area (Å²) >= 11 is 0. The van der Waals surface area contributed by atoms with Crippen LogP contribution in [0, 0.1) is 0 Å². The summed E-state index contributed by atoms with van der Waals surface area (Å²) in [5.41, 5.74) is 5.86. The van der Waals surface area contributed by atoms with Crippen LogP contribution in [0.4, 0.5) is 5.69 Å². The highest BCUT2D eigenvalue weighted by atomic mass is 16.6. The smallest absolute Gasteiger partial charge is 0.344 e. The first-order chi connectivity index (χ1) is 7.61. The topological polar surface area (TPSA) is 96.4 Å². The number of ether oxygens (including phenoxy) is 2. The molecule has 0 saturated carbocycles. The second-order valence-electron chi connectivity index (χ2n) is 2.94. The molecule has 0 aliphatic carbocycles. The zero-order chi connectivity index (χ0) is 12.0. The Morgan fingerprint density at radius 1 is 1.44 bits per heavy atom. The van der Waals surface area contributed by atoms with Crippen LogP contribution in [-0.2, 0) is 25.6 Å². The van der Waals surface area contributed by atoms with Crippen molar-refractivity contribution < 1.29 is 19.1 Å². The van der Waals surface area contributed by atoms with Crippen LogP contribution in [0.25, 0.3) is 0 Å². The van der Waals surface area contributed by atoms with Crippen LogP contribution in [0.1, 0.15) is 6.92 Å². The lowest BCUT2D eigenvalue weighted by Crippen LogP contribution is -2.20. The summed E-state index contributed by atoms with van der Waals surface area (Å²) in [6.45, 7) is 1.46. The maximum absolute atomic E-state index is 11.2. The van der Waals surface area contributed by atoms with Gasteiger partial charge in [-0.1, -0.05) is 0 Å². The molecule has 88 valence electrons. The fourth-order valence-electron chi connectivity index (χ4n) is 0.986. The van der Waals surface area contributed by atoms with Crippen LogP contribution < -0.4 is 5.73 Å². The number of aromatic nitrogens is 2. The molecule has 1 aromatic rings. The van der Waals surface area contributed by atoms with Crippen LogP contribution in [0.15, 0.2) is 12.4 Å². The third-order valence-corrected chi connectivity index (χ3v) is 1.60. The van der Waals surface area contributed by atoms with E-state index in [0.29, 0.717) is 5.69 Å². The molecule has 2 N–H and O–H groups in total. The molecule has 1 aromatic heterocycles. The number of hydrogen-bond donors (Lipinski definition) is 1. The van der Waals surface area contributed by atoms with Crippen LogP contribution >= 0.6 is 0 Å². The molecule has 0 unspecified atom stereocenters. The highest BCUT2D eigenvalue weighted by Crippen LogP contribution is 1.97. The van der Waals surface area contributed by atoms with Gasteiger partial charge in [0.25, 0.3) is 0 Å². The Kier molecular flexibility index (Phi) is 4.31. The van der Waals surface area contributed by atoms with Gasteiger partial charge in [0.2, 0.25) is 0 Å². The number of hydrogen-bond acceptors (Lipinski definition) is 6. The van der Waals surface area contributed by atoms with E-state index in [2.05, 4.69) is 14.6 Å². The fraction of sp³-hybridized carbons (Fsp3) is 0.444. The SMILES string of the molecule is CCOC(=O)COC(=O)Cn1cc(N)cn1. The van der Waals surface area contributed by atoms with Gasteiger partial charge in [0.15, 0.2) is 6.61 Å². The van der Waals surface area contributed by atoms with E-state index in [1.165, 1.54) is 17.1 Å². The van der Waals surface area contributed by atoms with Crippen molar-refractivity contribution in [1.29, 1.82) is 0 Å². The summed E-state index contributed by atoms with van der Waals surface area (Å²) in [6.07, 6.45) is 2.91. The zero-order valence-corrected chi connectivity index (χ0v) is 8.88. The molecule has 0 aliphatic heterocycles. The third kappa shape index (κ3) is 3.99. The Bertz CT molecular complexity index is 375. The van der Waals surface area contributed by atoms with Crippen molar-refractivity contribution in [2.24, 2.45) is 0 Å². The van der Waals surface area contributed by atoms with E-state index in [0.717, 1.165) is 0 Å². The van der Waals surface area contributed by atoms with Gasteiger partial charge in [-0.15, -0.1) is 0 Å². The Balaban J connectivity index is 2.28. The first-order valence-corrected chi connectivity index (χ1v) is 4.71. The monoisotopic (exact) mass is 227 g/mol. The minimum absolute atomic E-state index is 0.0867. The van der Waals surface area contributed by atoms with E-state index in [9.17, 15) is 9.59 Å². The van der Waals surface area contributed by atoms with Crippen molar-refractivity contribution in [3.8, 4) is 0 Å². The molecule has 0 bridgehead atoms. The minimum atomic E-state index is -0.573. The fourth-order valence-corrected chi connectivity index (χ4v) is 0.986. The van der Waals surface area contributed by atoms with E-state index in [-0.39, 0.29) is 19.8 Å². The largest absolute Gasteiger partial charge is 0.463 e. The minimum Gasteiger partial charge on any atom is -0.463 e. The normalized spacial score (nSPS) is 9.81. The molecule has 0 fully saturated rings. The van der Waals surface area contributed by atoms with Gasteiger partial charge >= 0.3 is 11.9 Å². The molecular formula is C9H13N3O4. The predicted molar refractivity (Wildman–Crippen MR) is 54.2 cm³/mol. The van der Waals surface area contributed by atoms with Crippen LogP contribution in [-0.4, -0.2) is 34.9 Å². The third-order valence-electron chi connectivity index (χ3n) is 1.60. The quantitative estimate of drug-likeness (QED) is 0.686. The summed E-state index contributed by atoms with van der Waals surface area (Å²) in [5.74, 6) is -1.15. The first-order valence-electron chi connectivity index (χ1n) is 4.71. The van der Waals surface area contributed by atoms with Gasteiger partial charge in [-0.05, 0) is 6.92 Å². The van der Waals surface area contributed by atoms with Crippen molar-refractivity contribution in [1.82, 2.24) is 9.78 Å². The maximum Gasteiger partial charge on any atom is 0.344 e.